The predicted molar refractivity (Wildman–Crippen MR) is 80.5 cm³/mol. The van der Waals surface area contributed by atoms with Crippen molar-refractivity contribution in [2.75, 3.05) is 12.0 Å². The number of sulfone groups is 1. The second-order valence-electron chi connectivity index (χ2n) is 4.48. The van der Waals surface area contributed by atoms with Crippen molar-refractivity contribution in [3.8, 4) is 0 Å². The highest BCUT2D eigenvalue weighted by atomic mass is 32.2. The fraction of sp³-hybridized carbons (Fsp3) is 0.143. The van der Waals surface area contributed by atoms with Gasteiger partial charge >= 0.3 is 0 Å². The Labute approximate surface area is 121 Å². The fourth-order valence-corrected chi connectivity index (χ4v) is 3.48. The molecule has 106 valence electrons. The molecule has 0 heterocycles. The van der Waals surface area contributed by atoms with E-state index in [9.17, 15) is 12.6 Å². The molecule has 6 heteroatoms. The Hall–Kier alpha value is -1.66. The average molecular weight is 309 g/mol. The molecule has 0 aliphatic carbocycles. The van der Waals surface area contributed by atoms with Gasteiger partial charge in [0.15, 0.2) is 9.84 Å². The molecule has 0 aliphatic heterocycles. The third-order valence-corrected chi connectivity index (χ3v) is 5.29. The van der Waals surface area contributed by atoms with E-state index in [1.165, 1.54) is 12.1 Å². The van der Waals surface area contributed by atoms with Crippen molar-refractivity contribution in [3.63, 3.8) is 0 Å². The third kappa shape index (κ3) is 3.68. The number of nitrogen functional groups attached to an aromatic ring is 1. The lowest BCUT2D eigenvalue weighted by molar-refractivity contribution is 0.601. The fourth-order valence-electron chi connectivity index (χ4n) is 1.76. The van der Waals surface area contributed by atoms with Crippen LogP contribution in [0.2, 0.25) is 0 Å². The SMILES string of the molecule is CS(=O)(=O)c1ccc(S(=O)Cc2cccc(N)c2)cc1. The van der Waals surface area contributed by atoms with Crippen LogP contribution in [-0.4, -0.2) is 18.9 Å². The molecular weight excluding hydrogens is 294 g/mol. The van der Waals surface area contributed by atoms with Crippen LogP contribution in [0.3, 0.4) is 0 Å². The van der Waals surface area contributed by atoms with Crippen molar-refractivity contribution in [2.45, 2.75) is 15.5 Å². The Morgan fingerprint density at radius 1 is 1.10 bits per heavy atom. The van der Waals surface area contributed by atoms with Gasteiger partial charge in [-0.15, -0.1) is 0 Å². The summed E-state index contributed by atoms with van der Waals surface area (Å²) >= 11 is 0. The van der Waals surface area contributed by atoms with Gasteiger partial charge in [0, 0.05) is 16.8 Å². The van der Waals surface area contributed by atoms with Crippen LogP contribution in [0, 0.1) is 0 Å². The predicted octanol–water partition coefficient (Wildman–Crippen LogP) is 1.98. The molecule has 0 fully saturated rings. The number of hydrogen-bond donors (Lipinski definition) is 1. The Bertz CT molecular complexity index is 737. The van der Waals surface area contributed by atoms with Gasteiger partial charge in [0.2, 0.25) is 0 Å². The molecule has 4 nitrogen and oxygen atoms in total. The lowest BCUT2D eigenvalue weighted by atomic mass is 10.2. The van der Waals surface area contributed by atoms with Crippen molar-refractivity contribution in [3.05, 3.63) is 54.1 Å². The van der Waals surface area contributed by atoms with Crippen molar-refractivity contribution in [1.29, 1.82) is 0 Å². The van der Waals surface area contributed by atoms with Gasteiger partial charge in [-0.2, -0.15) is 0 Å². The molecule has 0 spiro atoms. The first-order valence-electron chi connectivity index (χ1n) is 5.89. The summed E-state index contributed by atoms with van der Waals surface area (Å²) in [7, 11) is -4.45. The van der Waals surface area contributed by atoms with Gasteiger partial charge in [0.05, 0.1) is 21.4 Å². The van der Waals surface area contributed by atoms with Crippen LogP contribution in [0.1, 0.15) is 5.56 Å². The maximum absolute atomic E-state index is 12.2. The minimum Gasteiger partial charge on any atom is -0.399 e. The molecule has 1 unspecified atom stereocenters. The number of anilines is 1. The van der Waals surface area contributed by atoms with E-state index >= 15 is 0 Å². The van der Waals surface area contributed by atoms with E-state index in [-0.39, 0.29) is 4.90 Å². The van der Waals surface area contributed by atoms with Gasteiger partial charge in [-0.3, -0.25) is 4.21 Å². The summed E-state index contributed by atoms with van der Waals surface area (Å²) in [4.78, 5) is 0.821. The molecule has 0 radical (unpaired) electrons. The molecule has 0 amide bonds. The molecule has 20 heavy (non-hydrogen) atoms. The molecule has 2 rings (SSSR count). The molecule has 2 N–H and O–H groups in total. The largest absolute Gasteiger partial charge is 0.399 e. The topological polar surface area (TPSA) is 77.2 Å². The first kappa shape index (κ1) is 14.7. The summed E-state index contributed by atoms with van der Waals surface area (Å²) in [6.45, 7) is 0. The zero-order valence-corrected chi connectivity index (χ0v) is 12.6. The summed E-state index contributed by atoms with van der Waals surface area (Å²) < 4.78 is 34.9. The quantitative estimate of drug-likeness (QED) is 0.876. The maximum Gasteiger partial charge on any atom is 0.175 e. The minimum absolute atomic E-state index is 0.224. The van der Waals surface area contributed by atoms with E-state index in [2.05, 4.69) is 0 Å². The summed E-state index contributed by atoms with van der Waals surface area (Å²) in [5, 5.41) is 0. The van der Waals surface area contributed by atoms with Crippen LogP contribution < -0.4 is 5.73 Å². The number of hydrogen-bond acceptors (Lipinski definition) is 4. The zero-order valence-electron chi connectivity index (χ0n) is 10.9. The van der Waals surface area contributed by atoms with E-state index in [1.807, 2.05) is 12.1 Å². The van der Waals surface area contributed by atoms with Crippen molar-refractivity contribution >= 4 is 26.3 Å². The van der Waals surface area contributed by atoms with Crippen LogP contribution in [0.25, 0.3) is 0 Å². The highest BCUT2D eigenvalue weighted by Gasteiger charge is 2.09. The Morgan fingerprint density at radius 3 is 2.30 bits per heavy atom. The van der Waals surface area contributed by atoms with Gasteiger partial charge in [0.1, 0.15) is 0 Å². The second-order valence-corrected chi connectivity index (χ2v) is 7.95. The normalized spacial score (nSPS) is 13.1. The Morgan fingerprint density at radius 2 is 1.75 bits per heavy atom. The average Bonchev–Trinajstić information content (AvgIpc) is 2.38. The molecule has 1 atom stereocenters. The van der Waals surface area contributed by atoms with E-state index in [0.29, 0.717) is 16.3 Å². The molecule has 0 saturated heterocycles. The summed E-state index contributed by atoms with van der Waals surface area (Å²) in [6, 6.07) is 13.3. The van der Waals surface area contributed by atoms with Gasteiger partial charge in [-0.05, 0) is 42.0 Å². The van der Waals surface area contributed by atoms with E-state index < -0.39 is 20.6 Å². The van der Waals surface area contributed by atoms with Crippen LogP contribution in [0.4, 0.5) is 5.69 Å². The monoisotopic (exact) mass is 309 g/mol. The second kappa shape index (κ2) is 5.76. The maximum atomic E-state index is 12.2. The third-order valence-electron chi connectivity index (χ3n) is 2.76. The Kier molecular flexibility index (Phi) is 4.25. The number of nitrogens with two attached hydrogens (primary N) is 1. The number of benzene rings is 2. The first-order valence-corrected chi connectivity index (χ1v) is 9.10. The molecule has 0 bridgehead atoms. The van der Waals surface area contributed by atoms with Gasteiger partial charge in [0.25, 0.3) is 0 Å². The van der Waals surface area contributed by atoms with Crippen molar-refractivity contribution in [1.82, 2.24) is 0 Å². The van der Waals surface area contributed by atoms with Crippen LogP contribution >= 0.6 is 0 Å². The van der Waals surface area contributed by atoms with Crippen molar-refractivity contribution < 1.29 is 12.6 Å². The van der Waals surface area contributed by atoms with Crippen LogP contribution in [0.15, 0.2) is 58.3 Å². The zero-order chi connectivity index (χ0) is 14.8. The Balaban J connectivity index is 2.18. The molecule has 0 aliphatic rings. The van der Waals surface area contributed by atoms with E-state index in [0.717, 1.165) is 11.8 Å². The summed E-state index contributed by atoms with van der Waals surface area (Å²) in [5.74, 6) is 0.350. The van der Waals surface area contributed by atoms with Gasteiger partial charge in [-0.25, -0.2) is 8.42 Å². The number of rotatable bonds is 4. The molecular formula is C14H15NO3S2. The summed E-state index contributed by atoms with van der Waals surface area (Å²) in [6.07, 6.45) is 1.14. The van der Waals surface area contributed by atoms with Gasteiger partial charge < -0.3 is 5.73 Å². The van der Waals surface area contributed by atoms with Gasteiger partial charge in [-0.1, -0.05) is 12.1 Å². The van der Waals surface area contributed by atoms with Crippen molar-refractivity contribution in [2.24, 2.45) is 0 Å². The molecule has 2 aromatic carbocycles. The standard InChI is InChI=1S/C14H15NO3S2/c1-20(17,18)14-7-5-13(6-8-14)19(16)10-11-3-2-4-12(15)9-11/h2-9H,10,15H2,1H3. The molecule has 2 aromatic rings. The smallest absolute Gasteiger partial charge is 0.175 e. The van der Waals surface area contributed by atoms with E-state index in [1.54, 1.807) is 24.3 Å². The van der Waals surface area contributed by atoms with Crippen LogP contribution in [0.5, 0.6) is 0 Å². The summed E-state index contributed by atoms with van der Waals surface area (Å²) in [5.41, 5.74) is 7.19. The minimum atomic E-state index is -3.23. The lowest BCUT2D eigenvalue weighted by Crippen LogP contribution is -2.00. The highest BCUT2D eigenvalue weighted by molar-refractivity contribution is 7.90. The molecule has 0 saturated carbocycles. The highest BCUT2D eigenvalue weighted by Crippen LogP contribution is 2.17. The van der Waals surface area contributed by atoms with Crippen LogP contribution in [-0.2, 0) is 26.4 Å². The first-order chi connectivity index (χ1) is 9.36. The molecule has 0 aromatic heterocycles. The van der Waals surface area contributed by atoms with E-state index in [4.69, 9.17) is 5.73 Å². The lowest BCUT2D eigenvalue weighted by Gasteiger charge is -2.05.